The lowest BCUT2D eigenvalue weighted by Crippen LogP contribution is -2.20. The Kier molecular flexibility index (Phi) is 6.33. The topological polar surface area (TPSA) is 59.6 Å². The first-order valence-corrected chi connectivity index (χ1v) is 10.1. The molecule has 0 radical (unpaired) electrons. The van der Waals surface area contributed by atoms with Crippen LogP contribution in [0, 0.1) is 5.92 Å². The molecule has 0 saturated heterocycles. The molecule has 0 amide bonds. The molecule has 1 unspecified atom stereocenters. The van der Waals surface area contributed by atoms with E-state index < -0.39 is 12.3 Å². The van der Waals surface area contributed by atoms with Crippen LogP contribution >= 0.6 is 23.6 Å². The smallest absolute Gasteiger partial charge is 0.465 e. The zero-order chi connectivity index (χ0) is 21.2. The minimum absolute atomic E-state index is 0.214. The normalized spacial score (nSPS) is 16.0. The van der Waals surface area contributed by atoms with Crippen LogP contribution in [0.3, 0.4) is 0 Å². The summed E-state index contributed by atoms with van der Waals surface area (Å²) in [7, 11) is 1.34. The van der Waals surface area contributed by atoms with Crippen LogP contribution in [-0.2, 0) is 17.6 Å². The van der Waals surface area contributed by atoms with Crippen molar-refractivity contribution < 1.29 is 27.4 Å². The van der Waals surface area contributed by atoms with Gasteiger partial charge in [-0.2, -0.15) is 0 Å². The minimum atomic E-state index is -4.74. The average molecular weight is 445 g/mol. The van der Waals surface area contributed by atoms with E-state index in [2.05, 4.69) is 22.3 Å². The van der Waals surface area contributed by atoms with E-state index in [9.17, 15) is 18.0 Å². The van der Waals surface area contributed by atoms with E-state index in [0.717, 1.165) is 29.7 Å². The molecule has 0 saturated carbocycles. The number of hydrogen-bond donors (Lipinski definition) is 2. The van der Waals surface area contributed by atoms with Crippen molar-refractivity contribution in [2.24, 2.45) is 5.92 Å². The van der Waals surface area contributed by atoms with Gasteiger partial charge in [-0.25, -0.2) is 4.79 Å². The van der Waals surface area contributed by atoms with Gasteiger partial charge in [0, 0.05) is 10.6 Å². The van der Waals surface area contributed by atoms with Crippen LogP contribution < -0.4 is 15.4 Å². The molecule has 1 aromatic heterocycles. The molecular weight excluding hydrogens is 425 g/mol. The molecule has 156 valence electrons. The Hall–Kier alpha value is -2.33. The van der Waals surface area contributed by atoms with Crippen molar-refractivity contribution in [2.45, 2.75) is 32.5 Å². The van der Waals surface area contributed by atoms with Crippen molar-refractivity contribution in [3.63, 3.8) is 0 Å². The molecule has 1 atom stereocenters. The lowest BCUT2D eigenvalue weighted by Gasteiger charge is -2.18. The fourth-order valence-electron chi connectivity index (χ4n) is 3.16. The number of fused-ring (bicyclic) bond motifs is 1. The van der Waals surface area contributed by atoms with E-state index in [4.69, 9.17) is 17.0 Å². The van der Waals surface area contributed by atoms with Gasteiger partial charge < -0.3 is 20.1 Å². The third-order valence-corrected chi connectivity index (χ3v) is 5.85. The van der Waals surface area contributed by atoms with Crippen LogP contribution in [0.15, 0.2) is 24.3 Å². The summed E-state index contributed by atoms with van der Waals surface area (Å²) in [6.07, 6.45) is -2.04. The molecular formula is C19H19F3N2O3S2. The number of halogens is 3. The Morgan fingerprint density at radius 2 is 1.93 bits per heavy atom. The van der Waals surface area contributed by atoms with Crippen molar-refractivity contribution in [3.8, 4) is 5.75 Å². The Morgan fingerprint density at radius 1 is 1.24 bits per heavy atom. The molecule has 10 heteroatoms. The molecule has 1 aliphatic rings. The molecule has 0 fully saturated rings. The second-order valence-electron chi connectivity index (χ2n) is 6.70. The van der Waals surface area contributed by atoms with Gasteiger partial charge in [-0.05, 0) is 67.2 Å². The van der Waals surface area contributed by atoms with Gasteiger partial charge in [0.2, 0.25) is 0 Å². The molecule has 29 heavy (non-hydrogen) atoms. The Bertz CT molecular complexity index is 911. The fourth-order valence-corrected chi connectivity index (χ4v) is 4.85. The molecule has 2 aromatic rings. The van der Waals surface area contributed by atoms with Crippen LogP contribution in [-0.4, -0.2) is 24.6 Å². The molecule has 0 spiro atoms. The number of thiocarbonyl (C=S) groups is 1. The first-order chi connectivity index (χ1) is 13.7. The second-order valence-corrected chi connectivity index (χ2v) is 8.21. The zero-order valence-electron chi connectivity index (χ0n) is 15.7. The van der Waals surface area contributed by atoms with Gasteiger partial charge in [0.25, 0.3) is 0 Å². The number of rotatable bonds is 4. The number of carbonyl (C=O) groups excluding carboxylic acids is 1. The highest BCUT2D eigenvalue weighted by Gasteiger charge is 2.31. The van der Waals surface area contributed by atoms with Gasteiger partial charge in [-0.3, -0.25) is 0 Å². The predicted molar refractivity (Wildman–Crippen MR) is 110 cm³/mol. The summed E-state index contributed by atoms with van der Waals surface area (Å²) in [5, 5.41) is 6.73. The van der Waals surface area contributed by atoms with Gasteiger partial charge in [-0.1, -0.05) is 6.92 Å². The lowest BCUT2D eigenvalue weighted by atomic mass is 9.88. The fraction of sp³-hybridized carbons (Fsp3) is 0.368. The second kappa shape index (κ2) is 8.58. The summed E-state index contributed by atoms with van der Waals surface area (Å²) < 4.78 is 45.5. The number of hydrogen-bond acceptors (Lipinski definition) is 5. The monoisotopic (exact) mass is 444 g/mol. The molecule has 1 heterocycles. The Balaban J connectivity index is 1.73. The number of esters is 1. The predicted octanol–water partition coefficient (Wildman–Crippen LogP) is 5.37. The largest absolute Gasteiger partial charge is 0.573 e. The van der Waals surface area contributed by atoms with E-state index in [-0.39, 0.29) is 10.9 Å². The maximum absolute atomic E-state index is 12.3. The van der Waals surface area contributed by atoms with Crippen LogP contribution in [0.5, 0.6) is 5.75 Å². The Morgan fingerprint density at radius 3 is 2.55 bits per heavy atom. The van der Waals surface area contributed by atoms with E-state index in [1.54, 1.807) is 0 Å². The number of methoxy groups -OCH3 is 1. The van der Waals surface area contributed by atoms with Crippen LogP contribution in [0.4, 0.5) is 23.9 Å². The summed E-state index contributed by atoms with van der Waals surface area (Å²) in [4.78, 5) is 13.5. The van der Waals surface area contributed by atoms with Crippen LogP contribution in [0.25, 0.3) is 0 Å². The van der Waals surface area contributed by atoms with Crippen LogP contribution in [0.1, 0.15) is 34.1 Å². The molecule has 1 aromatic carbocycles. The van der Waals surface area contributed by atoms with Gasteiger partial charge in [0.05, 0.1) is 12.7 Å². The van der Waals surface area contributed by atoms with E-state index >= 15 is 0 Å². The summed E-state index contributed by atoms with van der Waals surface area (Å²) in [5.74, 6) is -0.201. The maximum atomic E-state index is 12.3. The average Bonchev–Trinajstić information content (AvgIpc) is 2.98. The highest BCUT2D eigenvalue weighted by atomic mass is 32.1. The number of anilines is 2. The molecule has 2 N–H and O–H groups in total. The third kappa shape index (κ3) is 5.39. The first kappa shape index (κ1) is 21.4. The number of nitrogens with one attached hydrogen (secondary N) is 2. The minimum Gasteiger partial charge on any atom is -0.465 e. The van der Waals surface area contributed by atoms with E-state index in [0.29, 0.717) is 22.2 Å². The van der Waals surface area contributed by atoms with Gasteiger partial charge in [-0.15, -0.1) is 24.5 Å². The van der Waals surface area contributed by atoms with Crippen molar-refractivity contribution in [1.82, 2.24) is 0 Å². The van der Waals surface area contributed by atoms with Crippen LogP contribution in [0.2, 0.25) is 0 Å². The van der Waals surface area contributed by atoms with Crippen molar-refractivity contribution in [2.75, 3.05) is 17.7 Å². The van der Waals surface area contributed by atoms with Gasteiger partial charge in [0.15, 0.2) is 5.11 Å². The summed E-state index contributed by atoms with van der Waals surface area (Å²) in [6.45, 7) is 2.17. The van der Waals surface area contributed by atoms with E-state index in [1.165, 1.54) is 42.7 Å². The van der Waals surface area contributed by atoms with Gasteiger partial charge >= 0.3 is 12.3 Å². The quantitative estimate of drug-likeness (QED) is 0.489. The highest BCUT2D eigenvalue weighted by Crippen LogP contribution is 2.40. The number of thiophene rings is 1. The van der Waals surface area contributed by atoms with Gasteiger partial charge in [0.1, 0.15) is 10.8 Å². The summed E-state index contributed by atoms with van der Waals surface area (Å²) >= 11 is 6.78. The Labute approximate surface area is 175 Å². The van der Waals surface area contributed by atoms with Crippen molar-refractivity contribution >= 4 is 45.3 Å². The third-order valence-electron chi connectivity index (χ3n) is 4.47. The summed E-state index contributed by atoms with van der Waals surface area (Å²) in [6, 6.07) is 5.20. The number of ether oxygens (including phenoxy) is 2. The maximum Gasteiger partial charge on any atom is 0.573 e. The van der Waals surface area contributed by atoms with Crippen molar-refractivity contribution in [1.29, 1.82) is 0 Å². The van der Waals surface area contributed by atoms with E-state index in [1.807, 2.05) is 0 Å². The summed E-state index contributed by atoms with van der Waals surface area (Å²) in [5.41, 5.74) is 1.97. The number of benzene rings is 1. The lowest BCUT2D eigenvalue weighted by molar-refractivity contribution is -0.274. The molecule has 0 aliphatic heterocycles. The van der Waals surface area contributed by atoms with Crippen molar-refractivity contribution in [3.05, 3.63) is 40.3 Å². The highest BCUT2D eigenvalue weighted by molar-refractivity contribution is 7.80. The zero-order valence-corrected chi connectivity index (χ0v) is 17.3. The SMILES string of the molecule is COC(=O)c1c(NC(=S)Nc2ccc(OC(F)(F)F)cc2)sc2c1CCC(C)C2. The molecule has 3 rings (SSSR count). The standard InChI is InChI=1S/C19H19F3N2O3S2/c1-10-3-8-13-14(9-10)29-16(15(13)17(25)26-2)24-18(28)23-11-4-6-12(7-5-11)27-19(20,21)22/h4-7,10H,3,8-9H2,1-2H3,(H2,23,24,28). The molecule has 5 nitrogen and oxygen atoms in total. The number of carbonyl (C=O) groups is 1. The first-order valence-electron chi connectivity index (χ1n) is 8.83. The molecule has 0 bridgehead atoms. The number of alkyl halides is 3. The molecule has 1 aliphatic carbocycles.